The van der Waals surface area contributed by atoms with E-state index in [4.69, 9.17) is 9.97 Å². The number of rotatable bonds is 3. The highest BCUT2D eigenvalue weighted by Crippen LogP contribution is 2.46. The summed E-state index contributed by atoms with van der Waals surface area (Å²) in [4.78, 5) is 10.9. The predicted octanol–water partition coefficient (Wildman–Crippen LogP) is 11.3. The Morgan fingerprint density at radius 1 is 0.395 bits per heavy atom. The normalized spacial score (nSPS) is 11.7. The van der Waals surface area contributed by atoms with E-state index in [2.05, 4.69) is 140 Å². The first-order valence-electron chi connectivity index (χ1n) is 14.5. The first-order valence-corrected chi connectivity index (χ1v) is 15.3. The second-order valence-corrected chi connectivity index (χ2v) is 12.0. The standard InChI is InChI=1S/C40H24N2S/c1-3-13-25(14-4-1)27-23-33(26-15-5-2-6-16-26)41-34(24-27)38-30-19-9-7-17-28(30)36-29-18-8-10-20-31(29)40-37(39(36)42-38)32-21-11-12-22-35(32)43-40/h1-24H. The van der Waals surface area contributed by atoms with Crippen molar-refractivity contribution < 1.29 is 0 Å². The third-order valence-electron chi connectivity index (χ3n) is 8.43. The van der Waals surface area contributed by atoms with E-state index in [1.807, 2.05) is 17.4 Å². The van der Waals surface area contributed by atoms with Crippen LogP contribution in [0.4, 0.5) is 0 Å². The van der Waals surface area contributed by atoms with Crippen molar-refractivity contribution in [3.63, 3.8) is 0 Å². The Balaban J connectivity index is 1.46. The van der Waals surface area contributed by atoms with Gasteiger partial charge in [0.1, 0.15) is 0 Å². The lowest BCUT2D eigenvalue weighted by Gasteiger charge is -2.15. The molecular weight excluding hydrogens is 541 g/mol. The number of thiophene rings is 1. The van der Waals surface area contributed by atoms with Gasteiger partial charge in [0.2, 0.25) is 0 Å². The maximum Gasteiger partial charge on any atom is 0.0972 e. The Hall–Kier alpha value is -5.38. The smallest absolute Gasteiger partial charge is 0.0972 e. The minimum atomic E-state index is 0.874. The van der Waals surface area contributed by atoms with Gasteiger partial charge in [-0.1, -0.05) is 127 Å². The van der Waals surface area contributed by atoms with E-state index in [-0.39, 0.29) is 0 Å². The summed E-state index contributed by atoms with van der Waals surface area (Å²) in [6.07, 6.45) is 0. The number of nitrogens with zero attached hydrogens (tertiary/aromatic N) is 2. The van der Waals surface area contributed by atoms with Crippen LogP contribution in [-0.4, -0.2) is 9.97 Å². The lowest BCUT2D eigenvalue weighted by molar-refractivity contribution is 1.29. The second kappa shape index (κ2) is 9.59. The van der Waals surface area contributed by atoms with Crippen LogP contribution >= 0.6 is 11.3 Å². The molecule has 9 aromatic rings. The van der Waals surface area contributed by atoms with Crippen molar-refractivity contribution in [3.05, 3.63) is 146 Å². The molecule has 0 atom stereocenters. The number of fused-ring (bicyclic) bond motifs is 10. The van der Waals surface area contributed by atoms with Gasteiger partial charge < -0.3 is 0 Å². The summed E-state index contributed by atoms with van der Waals surface area (Å²) in [5, 5.41) is 8.50. The molecule has 0 radical (unpaired) electrons. The average Bonchev–Trinajstić information content (AvgIpc) is 3.49. The molecule has 0 amide bonds. The van der Waals surface area contributed by atoms with Crippen LogP contribution < -0.4 is 0 Å². The fraction of sp³-hybridized carbons (Fsp3) is 0. The summed E-state index contributed by atoms with van der Waals surface area (Å²) >= 11 is 1.86. The summed E-state index contributed by atoms with van der Waals surface area (Å²) in [6.45, 7) is 0. The Labute approximate surface area is 252 Å². The molecule has 0 aliphatic carbocycles. The van der Waals surface area contributed by atoms with E-state index in [0.717, 1.165) is 44.7 Å². The monoisotopic (exact) mass is 564 g/mol. The highest BCUT2D eigenvalue weighted by Gasteiger charge is 2.20. The third kappa shape index (κ3) is 3.79. The summed E-state index contributed by atoms with van der Waals surface area (Å²) in [7, 11) is 0. The van der Waals surface area contributed by atoms with Crippen LogP contribution in [-0.2, 0) is 0 Å². The first kappa shape index (κ1) is 24.2. The highest BCUT2D eigenvalue weighted by molar-refractivity contribution is 7.27. The van der Waals surface area contributed by atoms with Crippen molar-refractivity contribution >= 4 is 64.0 Å². The second-order valence-electron chi connectivity index (χ2n) is 10.9. The molecule has 0 bridgehead atoms. The van der Waals surface area contributed by atoms with E-state index in [0.29, 0.717) is 0 Å². The lowest BCUT2D eigenvalue weighted by atomic mass is 9.94. The fourth-order valence-corrected chi connectivity index (χ4v) is 7.73. The van der Waals surface area contributed by atoms with Crippen molar-refractivity contribution in [2.45, 2.75) is 0 Å². The molecule has 6 aromatic carbocycles. The van der Waals surface area contributed by atoms with Gasteiger partial charge in [-0.3, -0.25) is 0 Å². The van der Waals surface area contributed by atoms with Crippen molar-refractivity contribution in [3.8, 4) is 33.8 Å². The van der Waals surface area contributed by atoms with Crippen LogP contribution in [0.15, 0.2) is 146 Å². The largest absolute Gasteiger partial charge is 0.246 e. The van der Waals surface area contributed by atoms with Gasteiger partial charge in [-0.15, -0.1) is 11.3 Å². The minimum Gasteiger partial charge on any atom is -0.246 e. The van der Waals surface area contributed by atoms with Gasteiger partial charge in [0.25, 0.3) is 0 Å². The number of aromatic nitrogens is 2. The SMILES string of the molecule is c1ccc(-c2cc(-c3ccccc3)nc(-c3nc4c(c5ccccc35)c3ccccc3c3sc5ccccc5c43)c2)cc1. The summed E-state index contributed by atoms with van der Waals surface area (Å²) in [6, 6.07) is 51.6. The van der Waals surface area contributed by atoms with Gasteiger partial charge in [0, 0.05) is 41.9 Å². The van der Waals surface area contributed by atoms with Gasteiger partial charge in [-0.2, -0.15) is 0 Å². The van der Waals surface area contributed by atoms with Crippen LogP contribution in [0.25, 0.3) is 86.4 Å². The molecule has 0 unspecified atom stereocenters. The molecule has 43 heavy (non-hydrogen) atoms. The van der Waals surface area contributed by atoms with E-state index in [9.17, 15) is 0 Å². The van der Waals surface area contributed by atoms with E-state index in [1.54, 1.807) is 0 Å². The summed E-state index contributed by atoms with van der Waals surface area (Å²) in [5.41, 5.74) is 7.12. The van der Waals surface area contributed by atoms with Gasteiger partial charge in [0.15, 0.2) is 0 Å². The Bertz CT molecular complexity index is 2440. The molecule has 2 nitrogen and oxygen atoms in total. The van der Waals surface area contributed by atoms with Crippen molar-refractivity contribution in [2.75, 3.05) is 0 Å². The maximum absolute atomic E-state index is 5.59. The topological polar surface area (TPSA) is 25.8 Å². The zero-order valence-electron chi connectivity index (χ0n) is 23.2. The minimum absolute atomic E-state index is 0.874. The molecule has 9 rings (SSSR count). The van der Waals surface area contributed by atoms with Gasteiger partial charge in [-0.25, -0.2) is 9.97 Å². The van der Waals surface area contributed by atoms with Gasteiger partial charge >= 0.3 is 0 Å². The number of benzene rings is 6. The molecule has 200 valence electrons. The zero-order chi connectivity index (χ0) is 28.3. The first-order chi connectivity index (χ1) is 21.3. The molecule has 0 N–H and O–H groups in total. The van der Waals surface area contributed by atoms with Crippen LogP contribution in [0.2, 0.25) is 0 Å². The Kier molecular flexibility index (Phi) is 5.40. The quantitative estimate of drug-likeness (QED) is 0.199. The van der Waals surface area contributed by atoms with Crippen LogP contribution in [0.5, 0.6) is 0 Å². The fourth-order valence-electron chi connectivity index (χ4n) is 6.49. The van der Waals surface area contributed by atoms with Crippen LogP contribution in [0.1, 0.15) is 0 Å². The zero-order valence-corrected chi connectivity index (χ0v) is 24.0. The molecule has 3 heteroatoms. The van der Waals surface area contributed by atoms with Crippen molar-refractivity contribution in [1.29, 1.82) is 0 Å². The summed E-state index contributed by atoms with van der Waals surface area (Å²) in [5.74, 6) is 0. The summed E-state index contributed by atoms with van der Waals surface area (Å²) < 4.78 is 2.57. The van der Waals surface area contributed by atoms with Crippen LogP contribution in [0.3, 0.4) is 0 Å². The Morgan fingerprint density at radius 2 is 0.953 bits per heavy atom. The molecule has 0 spiro atoms. The molecule has 3 aromatic heterocycles. The molecular formula is C40H24N2S. The van der Waals surface area contributed by atoms with E-state index < -0.39 is 0 Å². The predicted molar refractivity (Wildman–Crippen MR) is 184 cm³/mol. The lowest BCUT2D eigenvalue weighted by Crippen LogP contribution is -1.96. The maximum atomic E-state index is 5.59. The number of pyridine rings is 2. The van der Waals surface area contributed by atoms with Crippen LogP contribution in [0, 0.1) is 0 Å². The van der Waals surface area contributed by atoms with Crippen molar-refractivity contribution in [1.82, 2.24) is 9.97 Å². The molecule has 0 fully saturated rings. The van der Waals surface area contributed by atoms with Gasteiger partial charge in [0.05, 0.1) is 22.6 Å². The molecule has 3 heterocycles. The number of hydrogen-bond donors (Lipinski definition) is 0. The van der Waals surface area contributed by atoms with Crippen molar-refractivity contribution in [2.24, 2.45) is 0 Å². The molecule has 0 saturated heterocycles. The highest BCUT2D eigenvalue weighted by atomic mass is 32.1. The molecule has 0 aliphatic rings. The van der Waals surface area contributed by atoms with Gasteiger partial charge in [-0.05, 0) is 40.1 Å². The Morgan fingerprint density at radius 3 is 1.70 bits per heavy atom. The number of hydrogen-bond acceptors (Lipinski definition) is 3. The molecule has 0 saturated carbocycles. The van der Waals surface area contributed by atoms with E-state index in [1.165, 1.54) is 41.7 Å². The van der Waals surface area contributed by atoms with E-state index >= 15 is 0 Å². The third-order valence-corrected chi connectivity index (χ3v) is 9.63. The average molecular weight is 565 g/mol. The molecule has 0 aliphatic heterocycles.